The zero-order valence-corrected chi connectivity index (χ0v) is 10.3. The summed E-state index contributed by atoms with van der Waals surface area (Å²) in [6, 6.07) is 0. The molecule has 0 saturated carbocycles. The molecule has 1 aromatic rings. The van der Waals surface area contributed by atoms with Gasteiger partial charge in [-0.1, -0.05) is 0 Å². The monoisotopic (exact) mass is 249 g/mol. The lowest BCUT2D eigenvalue weighted by Gasteiger charge is -2.25. The number of rotatable bonds is 5. The first kappa shape index (κ1) is 14.0. The largest absolute Gasteiger partial charge is 0.389 e. The Hall–Kier alpha value is -1.04. The summed E-state index contributed by atoms with van der Waals surface area (Å²) < 4.78 is 37.9. The van der Waals surface area contributed by atoms with Crippen LogP contribution in [0.3, 0.4) is 0 Å². The number of alkyl halides is 3. The number of halogens is 3. The molecule has 0 fully saturated rings. The molecule has 0 unspecified atom stereocenters. The number of hydrogen-bond donors (Lipinski definition) is 1. The third-order valence-electron chi connectivity index (χ3n) is 2.84. The lowest BCUT2D eigenvalue weighted by atomic mass is 10.0. The Bertz CT molecular complexity index is 355. The van der Waals surface area contributed by atoms with Crippen LogP contribution in [0.5, 0.6) is 0 Å². The summed E-state index contributed by atoms with van der Waals surface area (Å²) in [6.07, 6.45) is -1.51. The van der Waals surface area contributed by atoms with Gasteiger partial charge in [-0.3, -0.25) is 0 Å². The van der Waals surface area contributed by atoms with Crippen molar-refractivity contribution in [1.82, 2.24) is 14.9 Å². The van der Waals surface area contributed by atoms with E-state index >= 15 is 0 Å². The van der Waals surface area contributed by atoms with E-state index in [-0.39, 0.29) is 12.0 Å². The number of nitrogens with one attached hydrogen (secondary N) is 1. The Kier molecular flexibility index (Phi) is 4.19. The van der Waals surface area contributed by atoms with E-state index in [1.54, 1.807) is 17.1 Å². The fourth-order valence-corrected chi connectivity index (χ4v) is 1.60. The van der Waals surface area contributed by atoms with Gasteiger partial charge in [-0.25, -0.2) is 4.98 Å². The molecule has 0 bridgehead atoms. The molecule has 17 heavy (non-hydrogen) atoms. The van der Waals surface area contributed by atoms with Gasteiger partial charge in [0.2, 0.25) is 0 Å². The van der Waals surface area contributed by atoms with Crippen molar-refractivity contribution in [3.8, 4) is 0 Å². The van der Waals surface area contributed by atoms with Gasteiger partial charge in [0.05, 0.1) is 17.6 Å². The van der Waals surface area contributed by atoms with Crippen LogP contribution in [0.2, 0.25) is 0 Å². The van der Waals surface area contributed by atoms with Gasteiger partial charge in [0, 0.05) is 19.2 Å². The van der Waals surface area contributed by atoms with Crippen LogP contribution in [0.25, 0.3) is 0 Å². The summed E-state index contributed by atoms with van der Waals surface area (Å²) in [7, 11) is 1.81. The lowest BCUT2D eigenvalue weighted by Crippen LogP contribution is -2.35. The molecule has 1 N–H and O–H groups in total. The van der Waals surface area contributed by atoms with E-state index in [4.69, 9.17) is 0 Å². The fourth-order valence-electron chi connectivity index (χ4n) is 1.60. The average molecular weight is 249 g/mol. The molecule has 0 amide bonds. The highest BCUT2D eigenvalue weighted by Gasteiger charge is 2.27. The van der Waals surface area contributed by atoms with Crippen LogP contribution in [-0.2, 0) is 12.1 Å². The van der Waals surface area contributed by atoms with Gasteiger partial charge < -0.3 is 9.88 Å². The van der Waals surface area contributed by atoms with E-state index < -0.39 is 12.6 Å². The minimum absolute atomic E-state index is 0.0760. The van der Waals surface area contributed by atoms with Gasteiger partial charge in [0.25, 0.3) is 0 Å². The number of imidazole rings is 1. The normalized spacial score (nSPS) is 13.1. The Morgan fingerprint density at radius 1 is 1.35 bits per heavy atom. The van der Waals surface area contributed by atoms with Crippen molar-refractivity contribution in [2.45, 2.75) is 44.9 Å². The van der Waals surface area contributed by atoms with E-state index in [1.165, 1.54) is 0 Å². The number of nitrogens with zero attached hydrogens (tertiary/aromatic N) is 2. The standard InChI is InChI=1S/C11H18F3N3/c1-10(2,15-3)9-7-16-8-17(9)6-4-5-11(12,13)14/h7-8,15H,4-6H2,1-3H3. The topological polar surface area (TPSA) is 29.9 Å². The van der Waals surface area contributed by atoms with Gasteiger partial charge in [-0.05, 0) is 27.3 Å². The molecule has 98 valence electrons. The van der Waals surface area contributed by atoms with Crippen molar-refractivity contribution in [2.24, 2.45) is 0 Å². The van der Waals surface area contributed by atoms with Crippen molar-refractivity contribution in [3.05, 3.63) is 18.2 Å². The Morgan fingerprint density at radius 3 is 2.53 bits per heavy atom. The third-order valence-corrected chi connectivity index (χ3v) is 2.84. The molecule has 0 spiro atoms. The fraction of sp³-hybridized carbons (Fsp3) is 0.727. The van der Waals surface area contributed by atoms with Gasteiger partial charge in [0.1, 0.15) is 0 Å². The van der Waals surface area contributed by atoms with Crippen LogP contribution in [0.1, 0.15) is 32.4 Å². The summed E-state index contributed by atoms with van der Waals surface area (Å²) in [5.41, 5.74) is 0.594. The molecular formula is C11H18F3N3. The summed E-state index contributed by atoms with van der Waals surface area (Å²) in [4.78, 5) is 3.99. The molecule has 0 aliphatic heterocycles. The molecule has 6 heteroatoms. The maximum atomic E-state index is 12.0. The van der Waals surface area contributed by atoms with Gasteiger partial charge in [0.15, 0.2) is 0 Å². The Morgan fingerprint density at radius 2 is 2.00 bits per heavy atom. The van der Waals surface area contributed by atoms with Crippen LogP contribution in [0, 0.1) is 0 Å². The SMILES string of the molecule is CNC(C)(C)c1cncn1CCCC(F)(F)F. The molecular weight excluding hydrogens is 231 g/mol. The second-order valence-electron chi connectivity index (χ2n) is 4.57. The number of aromatic nitrogens is 2. The van der Waals surface area contributed by atoms with Crippen molar-refractivity contribution < 1.29 is 13.2 Å². The van der Waals surface area contributed by atoms with Crippen molar-refractivity contribution >= 4 is 0 Å². The molecule has 1 heterocycles. The molecule has 0 saturated heterocycles. The maximum absolute atomic E-state index is 12.0. The van der Waals surface area contributed by atoms with Crippen LogP contribution >= 0.6 is 0 Å². The molecule has 1 rings (SSSR count). The summed E-state index contributed by atoms with van der Waals surface area (Å²) >= 11 is 0. The lowest BCUT2D eigenvalue weighted by molar-refractivity contribution is -0.135. The van der Waals surface area contributed by atoms with Crippen molar-refractivity contribution in [3.63, 3.8) is 0 Å². The molecule has 0 aromatic carbocycles. The quantitative estimate of drug-likeness (QED) is 0.869. The second-order valence-corrected chi connectivity index (χ2v) is 4.57. The highest BCUT2D eigenvalue weighted by molar-refractivity contribution is 5.10. The molecule has 0 aliphatic rings. The first-order valence-electron chi connectivity index (χ1n) is 5.52. The minimum Gasteiger partial charge on any atom is -0.333 e. The molecule has 0 aliphatic carbocycles. The predicted molar refractivity (Wildman–Crippen MR) is 59.6 cm³/mol. The first-order chi connectivity index (χ1) is 7.76. The Balaban J connectivity index is 2.64. The van der Waals surface area contributed by atoms with Gasteiger partial charge in [-0.15, -0.1) is 0 Å². The van der Waals surface area contributed by atoms with E-state index in [2.05, 4.69) is 10.3 Å². The summed E-state index contributed by atoms with van der Waals surface area (Å²) in [6.45, 7) is 4.26. The molecule has 0 atom stereocenters. The first-order valence-corrected chi connectivity index (χ1v) is 5.52. The highest BCUT2D eigenvalue weighted by Crippen LogP contribution is 2.23. The van der Waals surface area contributed by atoms with E-state index in [0.29, 0.717) is 6.54 Å². The average Bonchev–Trinajstić information content (AvgIpc) is 2.65. The van der Waals surface area contributed by atoms with Crippen LogP contribution in [0.4, 0.5) is 13.2 Å². The molecule has 0 radical (unpaired) electrons. The predicted octanol–water partition coefficient (Wildman–Crippen LogP) is 2.68. The molecule has 1 aromatic heterocycles. The van der Waals surface area contributed by atoms with Crippen LogP contribution in [0.15, 0.2) is 12.5 Å². The third kappa shape index (κ3) is 4.03. The maximum Gasteiger partial charge on any atom is 0.389 e. The number of hydrogen-bond acceptors (Lipinski definition) is 2. The van der Waals surface area contributed by atoms with E-state index in [9.17, 15) is 13.2 Å². The zero-order chi connectivity index (χ0) is 13.1. The second kappa shape index (κ2) is 5.08. The van der Waals surface area contributed by atoms with Gasteiger partial charge in [-0.2, -0.15) is 13.2 Å². The summed E-state index contributed by atoms with van der Waals surface area (Å²) in [5.74, 6) is 0. The summed E-state index contributed by atoms with van der Waals surface area (Å²) in [5, 5.41) is 3.11. The van der Waals surface area contributed by atoms with Crippen molar-refractivity contribution in [1.29, 1.82) is 0 Å². The highest BCUT2D eigenvalue weighted by atomic mass is 19.4. The van der Waals surface area contributed by atoms with Crippen LogP contribution in [-0.4, -0.2) is 22.8 Å². The Labute approximate surface area is 99.0 Å². The van der Waals surface area contributed by atoms with Crippen molar-refractivity contribution in [2.75, 3.05) is 7.05 Å². The van der Waals surface area contributed by atoms with E-state index in [0.717, 1.165) is 5.69 Å². The minimum atomic E-state index is -4.08. The van der Waals surface area contributed by atoms with Crippen LogP contribution < -0.4 is 5.32 Å². The van der Waals surface area contributed by atoms with E-state index in [1.807, 2.05) is 20.9 Å². The molecule has 3 nitrogen and oxygen atoms in total. The zero-order valence-electron chi connectivity index (χ0n) is 10.3. The smallest absolute Gasteiger partial charge is 0.333 e. The van der Waals surface area contributed by atoms with Gasteiger partial charge >= 0.3 is 6.18 Å². The number of aryl methyl sites for hydroxylation is 1.